The van der Waals surface area contributed by atoms with Gasteiger partial charge in [0.05, 0.1) is 12.7 Å². The molecule has 1 fully saturated rings. The van der Waals surface area contributed by atoms with E-state index in [1.54, 1.807) is 0 Å². The second-order valence-electron chi connectivity index (χ2n) is 4.38. The van der Waals surface area contributed by atoms with E-state index in [4.69, 9.17) is 20.9 Å². The molecule has 0 amide bonds. The van der Waals surface area contributed by atoms with Gasteiger partial charge in [-0.2, -0.15) is 0 Å². The number of ether oxygens (including phenoxy) is 1. The fraction of sp³-hybridized carbons (Fsp3) is 1.00. The zero-order valence-electron chi connectivity index (χ0n) is 10.5. The van der Waals surface area contributed by atoms with Crippen LogP contribution in [0.3, 0.4) is 0 Å². The van der Waals surface area contributed by atoms with Crippen LogP contribution >= 0.6 is 0 Å². The highest BCUT2D eigenvalue weighted by atomic mass is 16.5. The van der Waals surface area contributed by atoms with E-state index in [-0.39, 0.29) is 13.0 Å². The summed E-state index contributed by atoms with van der Waals surface area (Å²) in [7, 11) is 0. The van der Waals surface area contributed by atoms with Crippen LogP contribution in [0.5, 0.6) is 0 Å². The summed E-state index contributed by atoms with van der Waals surface area (Å²) in [6.45, 7) is -0.667. The van der Waals surface area contributed by atoms with Crippen LogP contribution in [0.2, 0.25) is 0 Å². The van der Waals surface area contributed by atoms with Crippen molar-refractivity contribution in [3.8, 4) is 0 Å². The molecule has 1 heterocycles. The normalized spacial score (nSPS) is 34.7. The fourth-order valence-electron chi connectivity index (χ4n) is 2.00. The van der Waals surface area contributed by atoms with Gasteiger partial charge in [0.1, 0.15) is 24.4 Å². The molecule has 11 nitrogen and oxygen atoms in total. The summed E-state index contributed by atoms with van der Waals surface area (Å²) in [5.74, 6) is 0. The van der Waals surface area contributed by atoms with Crippen molar-refractivity contribution in [2.75, 3.05) is 13.2 Å². The van der Waals surface area contributed by atoms with Crippen LogP contribution in [0.25, 0.3) is 20.9 Å². The van der Waals surface area contributed by atoms with Crippen molar-refractivity contribution >= 4 is 0 Å². The van der Waals surface area contributed by atoms with Crippen molar-refractivity contribution in [3.63, 3.8) is 0 Å². The summed E-state index contributed by atoms with van der Waals surface area (Å²) < 4.78 is 5.26. The lowest BCUT2D eigenvalue weighted by Crippen LogP contribution is -2.59. The van der Waals surface area contributed by atoms with Crippen molar-refractivity contribution in [2.45, 2.75) is 43.0 Å². The largest absolute Gasteiger partial charge is 0.394 e. The number of rotatable bonds is 6. The number of aliphatic hydroxyl groups is 4. The Labute approximate surface area is 113 Å². The zero-order chi connectivity index (χ0) is 15.1. The van der Waals surface area contributed by atoms with Crippen molar-refractivity contribution < 1.29 is 25.2 Å². The highest BCUT2D eigenvalue weighted by Gasteiger charge is 2.43. The monoisotopic (exact) mass is 288 g/mol. The molecule has 0 aromatic carbocycles. The Hall–Kier alpha value is -1.58. The van der Waals surface area contributed by atoms with Crippen molar-refractivity contribution in [1.82, 2.24) is 0 Å². The molecule has 112 valence electrons. The minimum Gasteiger partial charge on any atom is -0.394 e. The maximum Gasteiger partial charge on any atom is 0.111 e. The molecule has 4 N–H and O–H groups in total. The van der Waals surface area contributed by atoms with E-state index >= 15 is 0 Å². The number of aliphatic hydroxyl groups excluding tert-OH is 4. The molecular formula is C9H16N6O5. The van der Waals surface area contributed by atoms with Crippen LogP contribution in [0, 0.1) is 0 Å². The van der Waals surface area contributed by atoms with Gasteiger partial charge in [0.15, 0.2) is 0 Å². The first-order chi connectivity index (χ1) is 9.54. The molecule has 6 atom stereocenters. The molecule has 0 spiro atoms. The molecule has 20 heavy (non-hydrogen) atoms. The first kappa shape index (κ1) is 16.5. The van der Waals surface area contributed by atoms with Crippen molar-refractivity contribution in [1.29, 1.82) is 0 Å². The Balaban J connectivity index is 2.76. The minimum atomic E-state index is -1.49. The van der Waals surface area contributed by atoms with Gasteiger partial charge in [-0.1, -0.05) is 10.2 Å². The van der Waals surface area contributed by atoms with Crippen molar-refractivity contribution in [3.05, 3.63) is 20.9 Å². The smallest absolute Gasteiger partial charge is 0.111 e. The summed E-state index contributed by atoms with van der Waals surface area (Å²) in [4.78, 5) is 5.13. The average molecular weight is 288 g/mol. The lowest BCUT2D eigenvalue weighted by Gasteiger charge is -2.40. The molecule has 0 radical (unpaired) electrons. The van der Waals surface area contributed by atoms with E-state index in [0.29, 0.717) is 0 Å². The van der Waals surface area contributed by atoms with E-state index in [2.05, 4.69) is 20.1 Å². The van der Waals surface area contributed by atoms with Gasteiger partial charge in [-0.3, -0.25) is 0 Å². The standard InChI is InChI=1S/C9H16N6O5/c10-14-12-2-4(13-15-11)1-5-7(17)9(19)8(18)6(3-16)20-5/h4-9,16-19H,1-3H2/t4?,5-,6-,7+,8-,9-/m1/s1. The van der Waals surface area contributed by atoms with Crippen LogP contribution in [0.15, 0.2) is 10.2 Å². The summed E-state index contributed by atoms with van der Waals surface area (Å²) in [5.41, 5.74) is 16.6. The molecule has 1 rings (SSSR count). The van der Waals surface area contributed by atoms with Gasteiger partial charge in [0.25, 0.3) is 0 Å². The van der Waals surface area contributed by atoms with E-state index < -0.39 is 43.2 Å². The fourth-order valence-corrected chi connectivity index (χ4v) is 2.00. The SMILES string of the molecule is [N-]=[N+]=NCC(C[C@H]1O[C@H](CO)[C@@H](O)[C@H](O)[C@H]1O)N=[N+]=[N-]. The molecular weight excluding hydrogens is 272 g/mol. The molecule has 0 aromatic rings. The molecule has 1 aliphatic rings. The number of nitrogens with zero attached hydrogens (tertiary/aromatic N) is 6. The first-order valence-corrected chi connectivity index (χ1v) is 5.90. The van der Waals surface area contributed by atoms with E-state index in [9.17, 15) is 15.3 Å². The molecule has 0 bridgehead atoms. The highest BCUT2D eigenvalue weighted by molar-refractivity contribution is 4.93. The van der Waals surface area contributed by atoms with Gasteiger partial charge in [-0.05, 0) is 17.5 Å². The third-order valence-electron chi connectivity index (χ3n) is 3.07. The van der Waals surface area contributed by atoms with Crippen LogP contribution in [-0.2, 0) is 4.74 Å². The number of hydrogen-bond donors (Lipinski definition) is 4. The Morgan fingerprint density at radius 2 is 1.70 bits per heavy atom. The third kappa shape index (κ3) is 3.95. The van der Waals surface area contributed by atoms with Crippen LogP contribution in [-0.4, -0.2) is 70.1 Å². The summed E-state index contributed by atoms with van der Waals surface area (Å²) in [6, 6.07) is -0.766. The van der Waals surface area contributed by atoms with E-state index in [1.807, 2.05) is 0 Å². The molecule has 0 aromatic heterocycles. The Kier molecular flexibility index (Phi) is 6.49. The third-order valence-corrected chi connectivity index (χ3v) is 3.07. The molecule has 0 aliphatic carbocycles. The zero-order valence-corrected chi connectivity index (χ0v) is 10.5. The first-order valence-electron chi connectivity index (χ1n) is 5.90. The molecule has 0 saturated carbocycles. The van der Waals surface area contributed by atoms with Gasteiger partial charge in [0.2, 0.25) is 0 Å². The van der Waals surface area contributed by atoms with Crippen LogP contribution in [0.1, 0.15) is 6.42 Å². The molecule has 1 aliphatic heterocycles. The average Bonchev–Trinajstić information content (AvgIpc) is 2.45. The van der Waals surface area contributed by atoms with Crippen LogP contribution in [0.4, 0.5) is 0 Å². The molecule has 1 unspecified atom stereocenters. The predicted octanol–water partition coefficient (Wildman–Crippen LogP) is -0.792. The molecule has 11 heteroatoms. The highest BCUT2D eigenvalue weighted by Crippen LogP contribution is 2.24. The summed E-state index contributed by atoms with van der Waals surface area (Å²) >= 11 is 0. The molecule has 1 saturated heterocycles. The summed E-state index contributed by atoms with van der Waals surface area (Å²) in [5, 5.41) is 44.7. The number of azide groups is 2. The lowest BCUT2D eigenvalue weighted by atomic mass is 9.92. The van der Waals surface area contributed by atoms with Gasteiger partial charge in [-0.15, -0.1) is 0 Å². The van der Waals surface area contributed by atoms with Gasteiger partial charge in [0, 0.05) is 22.4 Å². The Morgan fingerprint density at radius 3 is 2.25 bits per heavy atom. The Bertz CT molecular complexity index is 408. The summed E-state index contributed by atoms with van der Waals surface area (Å²) in [6.07, 6.45) is -6.35. The maximum atomic E-state index is 9.81. The second-order valence-corrected chi connectivity index (χ2v) is 4.38. The van der Waals surface area contributed by atoms with Gasteiger partial charge in [-0.25, -0.2) is 0 Å². The maximum absolute atomic E-state index is 9.81. The van der Waals surface area contributed by atoms with Gasteiger partial charge >= 0.3 is 0 Å². The topological polar surface area (TPSA) is 188 Å². The predicted molar refractivity (Wildman–Crippen MR) is 65.3 cm³/mol. The van der Waals surface area contributed by atoms with Crippen molar-refractivity contribution in [2.24, 2.45) is 10.2 Å². The van der Waals surface area contributed by atoms with Crippen LogP contribution < -0.4 is 0 Å². The quantitative estimate of drug-likeness (QED) is 0.282. The lowest BCUT2D eigenvalue weighted by molar-refractivity contribution is -0.230. The number of hydrogen-bond acceptors (Lipinski definition) is 7. The minimum absolute atomic E-state index is 0.0233. The second kappa shape index (κ2) is 7.88. The van der Waals surface area contributed by atoms with Gasteiger partial charge < -0.3 is 25.2 Å². The van der Waals surface area contributed by atoms with E-state index in [0.717, 1.165) is 0 Å². The Morgan fingerprint density at radius 1 is 1.05 bits per heavy atom. The van der Waals surface area contributed by atoms with E-state index in [1.165, 1.54) is 0 Å².